The lowest BCUT2D eigenvalue weighted by atomic mass is 9.68. The summed E-state index contributed by atoms with van der Waals surface area (Å²) in [5.41, 5.74) is -0.282. The molecular weight excluding hydrogens is 300 g/mol. The van der Waals surface area contributed by atoms with Crippen molar-refractivity contribution >= 4 is 9.84 Å². The Bertz CT molecular complexity index is 608. The third kappa shape index (κ3) is 3.36. The highest BCUT2D eigenvalue weighted by atomic mass is 32.2. The molecule has 0 bridgehead atoms. The Balaban J connectivity index is 2.31. The first-order chi connectivity index (χ1) is 10.2. The summed E-state index contributed by atoms with van der Waals surface area (Å²) < 4.78 is 25.4. The summed E-state index contributed by atoms with van der Waals surface area (Å²) in [6.07, 6.45) is 1.10. The lowest BCUT2D eigenvalue weighted by molar-refractivity contribution is -0.104. The Hall–Kier alpha value is -0.910. The number of hydrogen-bond donors (Lipinski definition) is 2. The lowest BCUT2D eigenvalue weighted by Gasteiger charge is -2.46. The van der Waals surface area contributed by atoms with E-state index in [9.17, 15) is 18.6 Å². The van der Waals surface area contributed by atoms with Gasteiger partial charge in [-0.2, -0.15) is 0 Å². The van der Waals surface area contributed by atoms with E-state index < -0.39 is 21.5 Å². The number of aryl methyl sites for hydroxylation is 1. The van der Waals surface area contributed by atoms with E-state index in [0.717, 1.165) is 5.56 Å². The van der Waals surface area contributed by atoms with Crippen molar-refractivity contribution in [2.45, 2.75) is 56.6 Å². The Morgan fingerprint density at radius 1 is 1.23 bits per heavy atom. The molecule has 0 aliphatic heterocycles. The van der Waals surface area contributed by atoms with Crippen LogP contribution in [0.3, 0.4) is 0 Å². The highest BCUT2D eigenvalue weighted by Crippen LogP contribution is 2.41. The molecule has 1 aromatic carbocycles. The van der Waals surface area contributed by atoms with Crippen molar-refractivity contribution in [2.24, 2.45) is 11.8 Å². The number of aliphatic hydroxyl groups is 2. The fourth-order valence-electron chi connectivity index (χ4n) is 3.56. The van der Waals surface area contributed by atoms with E-state index in [4.69, 9.17) is 0 Å². The van der Waals surface area contributed by atoms with E-state index in [0.29, 0.717) is 19.3 Å². The van der Waals surface area contributed by atoms with E-state index >= 15 is 0 Å². The molecule has 0 amide bonds. The molecule has 0 aromatic heterocycles. The van der Waals surface area contributed by atoms with Gasteiger partial charge in [-0.3, -0.25) is 0 Å². The van der Waals surface area contributed by atoms with Gasteiger partial charge < -0.3 is 10.2 Å². The topological polar surface area (TPSA) is 74.6 Å². The van der Waals surface area contributed by atoms with Gasteiger partial charge in [-0.15, -0.1) is 0 Å². The van der Waals surface area contributed by atoms with Crippen LogP contribution in [-0.4, -0.2) is 36.1 Å². The molecule has 1 fully saturated rings. The quantitative estimate of drug-likeness (QED) is 0.890. The minimum Gasteiger partial charge on any atom is -0.393 e. The summed E-state index contributed by atoms with van der Waals surface area (Å²) in [5.74, 6) is -0.733. The van der Waals surface area contributed by atoms with E-state index in [1.165, 1.54) is 0 Å². The van der Waals surface area contributed by atoms with Crippen molar-refractivity contribution < 1.29 is 18.6 Å². The number of benzene rings is 1. The second-order valence-electron chi connectivity index (χ2n) is 6.69. The summed E-state index contributed by atoms with van der Waals surface area (Å²) in [5, 5.41) is 21.0. The number of rotatable bonds is 4. The second-order valence-corrected chi connectivity index (χ2v) is 8.68. The van der Waals surface area contributed by atoms with Crippen LogP contribution in [0.25, 0.3) is 0 Å². The highest BCUT2D eigenvalue weighted by Gasteiger charge is 2.48. The standard InChI is InChI=1S/C17H26O4S/c1-4-14-10-15(18)9-13(3)17(14,19)11-22(20,21)16-7-5-12(2)6-8-16/h5-8,13-15,18-19H,4,9-11H2,1-3H3/t13-,14+,15-,17-/m0/s1. The van der Waals surface area contributed by atoms with Gasteiger partial charge in [-0.1, -0.05) is 38.0 Å². The molecule has 5 heteroatoms. The fraction of sp³-hybridized carbons (Fsp3) is 0.647. The Kier molecular flexibility index (Phi) is 5.00. The van der Waals surface area contributed by atoms with Crippen LogP contribution in [0.5, 0.6) is 0 Å². The maximum Gasteiger partial charge on any atom is 0.181 e. The van der Waals surface area contributed by atoms with Crippen LogP contribution in [-0.2, 0) is 9.84 Å². The van der Waals surface area contributed by atoms with Crippen LogP contribution in [0.15, 0.2) is 29.2 Å². The molecule has 1 aliphatic rings. The van der Waals surface area contributed by atoms with Crippen molar-refractivity contribution in [3.8, 4) is 0 Å². The molecule has 1 aliphatic carbocycles. The summed E-state index contributed by atoms with van der Waals surface area (Å²) in [6.45, 7) is 5.66. The largest absolute Gasteiger partial charge is 0.393 e. The molecule has 0 radical (unpaired) electrons. The van der Waals surface area contributed by atoms with Gasteiger partial charge in [0.15, 0.2) is 9.84 Å². The van der Waals surface area contributed by atoms with E-state index in [2.05, 4.69) is 0 Å². The SMILES string of the molecule is CC[C@@H]1C[C@@H](O)C[C@H](C)[C@@]1(O)CS(=O)(=O)c1ccc(C)cc1. The number of sulfone groups is 1. The molecule has 0 saturated heterocycles. The molecular formula is C17H26O4S. The summed E-state index contributed by atoms with van der Waals surface area (Å²) in [6, 6.07) is 6.72. The van der Waals surface area contributed by atoms with Crippen molar-refractivity contribution in [3.63, 3.8) is 0 Å². The van der Waals surface area contributed by atoms with Gasteiger partial charge in [0.05, 0.1) is 22.4 Å². The molecule has 2 N–H and O–H groups in total. The Morgan fingerprint density at radius 3 is 2.36 bits per heavy atom. The average Bonchev–Trinajstić information content (AvgIpc) is 2.43. The second kappa shape index (κ2) is 6.30. The van der Waals surface area contributed by atoms with Crippen LogP contribution in [0, 0.1) is 18.8 Å². The maximum absolute atomic E-state index is 12.7. The molecule has 4 nitrogen and oxygen atoms in total. The van der Waals surface area contributed by atoms with Gasteiger partial charge in [0.25, 0.3) is 0 Å². The Morgan fingerprint density at radius 2 is 1.82 bits per heavy atom. The highest BCUT2D eigenvalue weighted by molar-refractivity contribution is 7.91. The summed E-state index contributed by atoms with van der Waals surface area (Å²) in [4.78, 5) is 0.250. The van der Waals surface area contributed by atoms with Crippen LogP contribution in [0.2, 0.25) is 0 Å². The molecule has 22 heavy (non-hydrogen) atoms. The predicted octanol–water partition coefficient (Wildman–Crippen LogP) is 2.32. The van der Waals surface area contributed by atoms with Crippen LogP contribution >= 0.6 is 0 Å². The predicted molar refractivity (Wildman–Crippen MR) is 86.4 cm³/mol. The molecule has 0 unspecified atom stereocenters. The minimum atomic E-state index is -3.56. The molecule has 4 atom stereocenters. The van der Waals surface area contributed by atoms with E-state index in [-0.39, 0.29) is 22.5 Å². The smallest absolute Gasteiger partial charge is 0.181 e. The van der Waals surface area contributed by atoms with Crippen molar-refractivity contribution in [3.05, 3.63) is 29.8 Å². The molecule has 1 saturated carbocycles. The first-order valence-electron chi connectivity index (χ1n) is 7.89. The van der Waals surface area contributed by atoms with Crippen molar-refractivity contribution in [1.29, 1.82) is 0 Å². The summed E-state index contributed by atoms with van der Waals surface area (Å²) in [7, 11) is -3.56. The fourth-order valence-corrected chi connectivity index (χ4v) is 5.40. The minimum absolute atomic E-state index is 0.202. The first kappa shape index (κ1) is 17.4. The zero-order valence-corrected chi connectivity index (χ0v) is 14.3. The zero-order chi connectivity index (χ0) is 16.5. The Labute approximate surface area is 133 Å². The zero-order valence-electron chi connectivity index (χ0n) is 13.5. The van der Waals surface area contributed by atoms with Crippen molar-refractivity contribution in [2.75, 3.05) is 5.75 Å². The van der Waals surface area contributed by atoms with E-state index in [1.807, 2.05) is 20.8 Å². The third-order valence-corrected chi connectivity index (χ3v) is 6.87. The molecule has 2 rings (SSSR count). The van der Waals surface area contributed by atoms with Crippen LogP contribution in [0.1, 0.15) is 38.7 Å². The maximum atomic E-state index is 12.7. The van der Waals surface area contributed by atoms with Gasteiger partial charge in [0.1, 0.15) is 0 Å². The van der Waals surface area contributed by atoms with Gasteiger partial charge in [-0.25, -0.2) is 8.42 Å². The average molecular weight is 326 g/mol. The van der Waals surface area contributed by atoms with E-state index in [1.54, 1.807) is 24.3 Å². The normalized spacial score (nSPS) is 32.9. The van der Waals surface area contributed by atoms with Gasteiger partial charge >= 0.3 is 0 Å². The molecule has 124 valence electrons. The van der Waals surface area contributed by atoms with Gasteiger partial charge in [-0.05, 0) is 43.7 Å². The number of hydrogen-bond acceptors (Lipinski definition) is 4. The third-order valence-electron chi connectivity index (χ3n) is 5.04. The molecule has 0 heterocycles. The van der Waals surface area contributed by atoms with Gasteiger partial charge in [0.2, 0.25) is 0 Å². The number of aliphatic hydroxyl groups excluding tert-OH is 1. The molecule has 1 aromatic rings. The summed E-state index contributed by atoms with van der Waals surface area (Å²) >= 11 is 0. The molecule has 0 spiro atoms. The first-order valence-corrected chi connectivity index (χ1v) is 9.54. The van der Waals surface area contributed by atoms with Crippen LogP contribution in [0.4, 0.5) is 0 Å². The van der Waals surface area contributed by atoms with Gasteiger partial charge in [0, 0.05) is 0 Å². The lowest BCUT2D eigenvalue weighted by Crippen LogP contribution is -2.54. The van der Waals surface area contributed by atoms with Crippen LogP contribution < -0.4 is 0 Å². The van der Waals surface area contributed by atoms with Crippen molar-refractivity contribution in [1.82, 2.24) is 0 Å². The monoisotopic (exact) mass is 326 g/mol.